The average molecular weight is 616 g/mol. The van der Waals surface area contributed by atoms with E-state index in [1.807, 2.05) is 12.2 Å². The van der Waals surface area contributed by atoms with E-state index in [1.54, 1.807) is 4.90 Å². The van der Waals surface area contributed by atoms with Gasteiger partial charge in [-0.3, -0.25) is 14.4 Å². The molecule has 0 radical (unpaired) electrons. The number of carbonyl (C=O) groups is 3. The Balaban J connectivity index is 1.24. The maximum atomic E-state index is 14.2. The van der Waals surface area contributed by atoms with Crippen LogP contribution in [0.4, 0.5) is 10.1 Å². The predicted octanol–water partition coefficient (Wildman–Crippen LogP) is 3.15. The molecule has 1 aromatic rings. The number of fused-ring (bicyclic) bond motifs is 1. The highest BCUT2D eigenvalue weighted by Gasteiger charge is 2.72. The summed E-state index contributed by atoms with van der Waals surface area (Å²) in [5.74, 6) is -2.27. The number of piperazine rings is 1. The van der Waals surface area contributed by atoms with Crippen LogP contribution in [0.3, 0.4) is 0 Å². The number of carbonyl (C=O) groups excluding carboxylic acids is 3. The van der Waals surface area contributed by atoms with E-state index in [-0.39, 0.29) is 22.9 Å². The monoisotopic (exact) mass is 615 g/mol. The summed E-state index contributed by atoms with van der Waals surface area (Å²) in [7, 11) is 2.12. The molecule has 3 amide bonds. The van der Waals surface area contributed by atoms with Crippen LogP contribution in [0, 0.1) is 29.5 Å². The molecule has 4 heterocycles. The zero-order valence-electron chi connectivity index (χ0n) is 25.2. The molecular formula is C32H43ClFN5O4. The molecule has 234 valence electrons. The van der Waals surface area contributed by atoms with Crippen LogP contribution in [-0.2, 0) is 19.1 Å². The van der Waals surface area contributed by atoms with Gasteiger partial charge in [0.05, 0.1) is 23.0 Å². The lowest BCUT2D eigenvalue weighted by Gasteiger charge is -2.38. The number of amides is 3. The summed E-state index contributed by atoms with van der Waals surface area (Å²) in [6, 6.07) is 3.13. The van der Waals surface area contributed by atoms with Gasteiger partial charge < -0.3 is 30.1 Å². The molecular weight excluding hydrogens is 573 g/mol. The van der Waals surface area contributed by atoms with Crippen molar-refractivity contribution < 1.29 is 23.5 Å². The summed E-state index contributed by atoms with van der Waals surface area (Å²) < 4.78 is 20.2. The van der Waals surface area contributed by atoms with Gasteiger partial charge >= 0.3 is 0 Å². The normalized spacial score (nSPS) is 35.8. The Kier molecular flexibility index (Phi) is 8.58. The van der Waals surface area contributed by atoms with Crippen molar-refractivity contribution in [2.24, 2.45) is 23.7 Å². The van der Waals surface area contributed by atoms with Crippen LogP contribution < -0.4 is 10.6 Å². The summed E-state index contributed by atoms with van der Waals surface area (Å²) in [6.45, 7) is 9.60. The number of rotatable bonds is 8. The van der Waals surface area contributed by atoms with Crippen molar-refractivity contribution in [3.8, 4) is 0 Å². The molecule has 4 aliphatic heterocycles. The fourth-order valence-electron chi connectivity index (χ4n) is 7.89. The number of nitrogens with one attached hydrogen (secondary N) is 2. The van der Waals surface area contributed by atoms with Crippen LogP contribution in [-0.4, -0.2) is 103 Å². The second-order valence-electron chi connectivity index (χ2n) is 13.2. The fraction of sp³-hybridized carbons (Fsp3) is 0.656. The molecule has 1 spiro atoms. The number of hydrogen-bond acceptors (Lipinski definition) is 6. The van der Waals surface area contributed by atoms with Gasteiger partial charge in [0.25, 0.3) is 0 Å². The van der Waals surface area contributed by atoms with Crippen molar-refractivity contribution in [1.29, 1.82) is 0 Å². The zero-order chi connectivity index (χ0) is 30.5. The second kappa shape index (κ2) is 12.1. The molecule has 43 heavy (non-hydrogen) atoms. The standard InChI is InChI=1S/C32H43ClFN5O4/c1-19-6-4-7-24(20(19)2)36-30(41)28-32-11-10-25(43-32)26(29(40)35-21-8-9-23(34)22(33)18-21)27(32)31(42)39(28)13-5-12-38-16-14-37(3)15-17-38/h8-11,18-20,24-28H,4-7,12-17H2,1-3H3,(H,35,40)(H,36,41)/t19?,20?,24?,25-,26?,27-,28?,32?/m0/s1. The molecule has 2 N–H and O–H groups in total. The first-order chi connectivity index (χ1) is 20.6. The Labute approximate surface area is 258 Å². The summed E-state index contributed by atoms with van der Waals surface area (Å²) in [6.07, 6.45) is 6.84. The molecule has 1 aromatic carbocycles. The van der Waals surface area contributed by atoms with E-state index < -0.39 is 41.3 Å². The molecule has 6 unspecified atom stereocenters. The molecule has 1 aliphatic carbocycles. The summed E-state index contributed by atoms with van der Waals surface area (Å²) in [4.78, 5) is 48.5. The van der Waals surface area contributed by atoms with E-state index in [2.05, 4.69) is 41.3 Å². The van der Waals surface area contributed by atoms with E-state index in [0.29, 0.717) is 24.1 Å². The second-order valence-corrected chi connectivity index (χ2v) is 13.6. The quantitative estimate of drug-likeness (QED) is 0.437. The number of anilines is 1. The van der Waals surface area contributed by atoms with Crippen LogP contribution in [0.5, 0.6) is 0 Å². The minimum Gasteiger partial charge on any atom is -0.359 e. The maximum Gasteiger partial charge on any atom is 0.246 e. The van der Waals surface area contributed by atoms with E-state index in [0.717, 1.165) is 58.4 Å². The van der Waals surface area contributed by atoms with Crippen molar-refractivity contribution in [3.63, 3.8) is 0 Å². The van der Waals surface area contributed by atoms with Gasteiger partial charge in [0.15, 0.2) is 0 Å². The van der Waals surface area contributed by atoms with Crippen molar-refractivity contribution >= 4 is 35.0 Å². The van der Waals surface area contributed by atoms with Crippen molar-refractivity contribution in [2.45, 2.75) is 63.3 Å². The third-order valence-corrected chi connectivity index (χ3v) is 10.9. The maximum absolute atomic E-state index is 14.2. The number of halogens is 2. The first kappa shape index (κ1) is 30.5. The Morgan fingerprint density at radius 3 is 2.63 bits per heavy atom. The van der Waals surface area contributed by atoms with Crippen molar-refractivity contribution in [3.05, 3.63) is 41.2 Å². The van der Waals surface area contributed by atoms with Crippen LogP contribution in [0.15, 0.2) is 30.4 Å². The number of likely N-dealkylation sites (tertiary alicyclic amines) is 1. The topological polar surface area (TPSA) is 94.2 Å². The Hall–Kier alpha value is -2.53. The highest BCUT2D eigenvalue weighted by molar-refractivity contribution is 6.31. The largest absolute Gasteiger partial charge is 0.359 e. The number of likely N-dealkylation sites (N-methyl/N-ethyl adjacent to an activating group) is 1. The van der Waals surface area contributed by atoms with Gasteiger partial charge in [0, 0.05) is 44.5 Å². The first-order valence-electron chi connectivity index (χ1n) is 15.7. The van der Waals surface area contributed by atoms with Crippen LogP contribution in [0.25, 0.3) is 0 Å². The number of nitrogens with zero attached hydrogens (tertiary/aromatic N) is 3. The lowest BCUT2D eigenvalue weighted by atomic mass is 9.73. The van der Waals surface area contributed by atoms with Gasteiger partial charge in [0.1, 0.15) is 17.5 Å². The first-order valence-corrected chi connectivity index (χ1v) is 16.1. The molecule has 2 bridgehead atoms. The molecule has 3 saturated heterocycles. The SMILES string of the molecule is CC1CCCC(NC(=O)C2N(CCCN3CCN(C)CC3)C(=O)[C@@H]3C(C(=O)Nc4ccc(F)c(Cl)c4)[C@@H]4C=CC23O4)C1C. The minimum atomic E-state index is -1.22. The third kappa shape index (κ3) is 5.60. The molecule has 11 heteroatoms. The van der Waals surface area contributed by atoms with E-state index in [4.69, 9.17) is 16.3 Å². The average Bonchev–Trinajstić information content (AvgIpc) is 3.62. The van der Waals surface area contributed by atoms with E-state index in [9.17, 15) is 18.8 Å². The molecule has 4 fully saturated rings. The van der Waals surface area contributed by atoms with Gasteiger partial charge in [-0.15, -0.1) is 0 Å². The summed E-state index contributed by atoms with van der Waals surface area (Å²) in [5, 5.41) is 6.01. The molecule has 9 nitrogen and oxygen atoms in total. The summed E-state index contributed by atoms with van der Waals surface area (Å²) >= 11 is 5.94. The smallest absolute Gasteiger partial charge is 0.246 e. The van der Waals surface area contributed by atoms with Gasteiger partial charge in [-0.25, -0.2) is 4.39 Å². The van der Waals surface area contributed by atoms with Gasteiger partial charge in [-0.1, -0.05) is 50.4 Å². The van der Waals surface area contributed by atoms with Gasteiger partial charge in [0.2, 0.25) is 17.7 Å². The van der Waals surface area contributed by atoms with E-state index in [1.165, 1.54) is 18.2 Å². The van der Waals surface area contributed by atoms with Gasteiger partial charge in [-0.05, 0) is 56.5 Å². The Morgan fingerprint density at radius 2 is 1.88 bits per heavy atom. The molecule has 1 saturated carbocycles. The predicted molar refractivity (Wildman–Crippen MR) is 162 cm³/mol. The number of benzene rings is 1. The lowest BCUT2D eigenvalue weighted by Crippen LogP contribution is -2.58. The van der Waals surface area contributed by atoms with Crippen molar-refractivity contribution in [2.75, 3.05) is 51.6 Å². The molecule has 8 atom stereocenters. The minimum absolute atomic E-state index is 0.0268. The van der Waals surface area contributed by atoms with Gasteiger partial charge in [-0.2, -0.15) is 0 Å². The van der Waals surface area contributed by atoms with E-state index >= 15 is 0 Å². The zero-order valence-corrected chi connectivity index (χ0v) is 26.0. The third-order valence-electron chi connectivity index (χ3n) is 10.6. The summed E-state index contributed by atoms with van der Waals surface area (Å²) in [5.41, 5.74) is -0.882. The number of hydrogen-bond donors (Lipinski definition) is 2. The molecule has 0 aromatic heterocycles. The van der Waals surface area contributed by atoms with Crippen LogP contribution in [0.2, 0.25) is 5.02 Å². The lowest BCUT2D eigenvalue weighted by molar-refractivity contribution is -0.141. The Bertz CT molecular complexity index is 1290. The van der Waals surface area contributed by atoms with Crippen LogP contribution >= 0.6 is 11.6 Å². The Morgan fingerprint density at radius 1 is 1.12 bits per heavy atom. The molecule has 5 aliphatic rings. The highest BCUT2D eigenvalue weighted by atomic mass is 35.5. The highest BCUT2D eigenvalue weighted by Crippen LogP contribution is 2.55. The number of ether oxygens (including phenoxy) is 1. The fourth-order valence-corrected chi connectivity index (χ4v) is 8.07. The van der Waals surface area contributed by atoms with Crippen molar-refractivity contribution in [1.82, 2.24) is 20.0 Å². The van der Waals surface area contributed by atoms with Crippen LogP contribution in [0.1, 0.15) is 39.5 Å². The molecule has 6 rings (SSSR count).